The Labute approximate surface area is 185 Å². The first-order valence-electron chi connectivity index (χ1n) is 10.3. The molecule has 164 valence electrons. The predicted molar refractivity (Wildman–Crippen MR) is 115 cm³/mol. The normalized spacial score (nSPS) is 15.8. The molecule has 2 aliphatic rings. The van der Waals surface area contributed by atoms with Crippen molar-refractivity contribution < 1.29 is 28.5 Å². The molecule has 8 heteroatoms. The molecule has 0 unspecified atom stereocenters. The summed E-state index contributed by atoms with van der Waals surface area (Å²) in [5.74, 6) is -0.108. The molecule has 0 radical (unpaired) electrons. The molecule has 1 saturated carbocycles. The van der Waals surface area contributed by atoms with Crippen LogP contribution in [0.3, 0.4) is 0 Å². The Hall–Kier alpha value is -3.99. The first-order valence-corrected chi connectivity index (χ1v) is 10.3. The summed E-state index contributed by atoms with van der Waals surface area (Å²) in [5.41, 5.74) is 0.912. The second-order valence-corrected chi connectivity index (χ2v) is 7.55. The van der Waals surface area contributed by atoms with E-state index in [0.717, 1.165) is 25.7 Å². The molecular weight excluding hydrogens is 412 g/mol. The van der Waals surface area contributed by atoms with Crippen molar-refractivity contribution in [1.29, 1.82) is 5.26 Å². The van der Waals surface area contributed by atoms with Gasteiger partial charge in [-0.15, -0.1) is 0 Å². The fourth-order valence-electron chi connectivity index (χ4n) is 3.70. The second-order valence-electron chi connectivity index (χ2n) is 7.55. The van der Waals surface area contributed by atoms with Gasteiger partial charge in [-0.05, 0) is 48.7 Å². The van der Waals surface area contributed by atoms with E-state index in [1.54, 1.807) is 55.6 Å². The maximum Gasteiger partial charge on any atom is 0.349 e. The molecule has 1 aliphatic carbocycles. The smallest absolute Gasteiger partial charge is 0.349 e. The first kappa shape index (κ1) is 21.2. The van der Waals surface area contributed by atoms with Crippen molar-refractivity contribution in [2.45, 2.75) is 31.5 Å². The van der Waals surface area contributed by atoms with Gasteiger partial charge in [0.05, 0.1) is 7.11 Å². The third kappa shape index (κ3) is 4.67. The second kappa shape index (κ2) is 9.02. The minimum atomic E-state index is -0.882. The quantitative estimate of drug-likeness (QED) is 0.418. The van der Waals surface area contributed by atoms with Gasteiger partial charge in [-0.2, -0.15) is 5.26 Å². The highest BCUT2D eigenvalue weighted by Crippen LogP contribution is 2.47. The summed E-state index contributed by atoms with van der Waals surface area (Å²) in [5, 5.41) is 11.9. The van der Waals surface area contributed by atoms with Gasteiger partial charge in [0.15, 0.2) is 18.1 Å². The Morgan fingerprint density at radius 3 is 2.53 bits per heavy atom. The number of hydrogen-bond donors (Lipinski definition) is 1. The minimum absolute atomic E-state index is 0.215. The summed E-state index contributed by atoms with van der Waals surface area (Å²) in [4.78, 5) is 24.4. The van der Waals surface area contributed by atoms with E-state index in [2.05, 4.69) is 5.32 Å². The number of anilines is 1. The number of fused-ring (bicyclic) bond motifs is 1. The topological polar surface area (TPSA) is 107 Å². The van der Waals surface area contributed by atoms with Crippen molar-refractivity contribution >= 4 is 23.6 Å². The minimum Gasteiger partial charge on any atom is -0.497 e. The van der Waals surface area contributed by atoms with Crippen LogP contribution in [0.2, 0.25) is 0 Å². The van der Waals surface area contributed by atoms with Crippen molar-refractivity contribution in [3.8, 4) is 23.3 Å². The molecule has 1 N–H and O–H groups in total. The van der Waals surface area contributed by atoms with Crippen LogP contribution in [-0.4, -0.2) is 31.4 Å². The summed E-state index contributed by atoms with van der Waals surface area (Å²) in [6.45, 7) is -0.529. The SMILES string of the molecule is COc1ccc(/C=C(\C#N)C(=O)OCC(=O)Nc2ccc3c(c2)OC2(CCCC2)O3)cc1. The van der Waals surface area contributed by atoms with Crippen LogP contribution >= 0.6 is 0 Å². The van der Waals surface area contributed by atoms with E-state index in [1.807, 2.05) is 0 Å². The summed E-state index contributed by atoms with van der Waals surface area (Å²) in [6.07, 6.45) is 5.17. The van der Waals surface area contributed by atoms with Gasteiger partial charge >= 0.3 is 5.97 Å². The molecule has 0 bridgehead atoms. The third-order valence-corrected chi connectivity index (χ3v) is 5.29. The standard InChI is InChI=1S/C24H22N2O6/c1-29-19-7-4-16(5-8-19)12-17(14-25)23(28)30-15-22(27)26-18-6-9-20-21(13-18)32-24(31-20)10-2-3-11-24/h4-9,12-13H,2-3,10-11,15H2,1H3,(H,26,27)/b17-12+. The van der Waals surface area contributed by atoms with Crippen LogP contribution < -0.4 is 19.5 Å². The number of esters is 1. The van der Waals surface area contributed by atoms with Gasteiger partial charge in [0.1, 0.15) is 17.4 Å². The lowest BCUT2D eigenvalue weighted by atomic mass is 10.1. The van der Waals surface area contributed by atoms with Crippen molar-refractivity contribution in [1.82, 2.24) is 0 Å². The Morgan fingerprint density at radius 1 is 1.12 bits per heavy atom. The fourth-order valence-corrected chi connectivity index (χ4v) is 3.70. The highest BCUT2D eigenvalue weighted by atomic mass is 16.7. The van der Waals surface area contributed by atoms with Crippen molar-refractivity contribution in [3.05, 3.63) is 53.6 Å². The third-order valence-electron chi connectivity index (χ3n) is 5.29. The average Bonchev–Trinajstić information content (AvgIpc) is 3.41. The van der Waals surface area contributed by atoms with Crippen LogP contribution in [0.4, 0.5) is 5.69 Å². The molecule has 1 fully saturated rings. The van der Waals surface area contributed by atoms with E-state index in [1.165, 1.54) is 6.08 Å². The van der Waals surface area contributed by atoms with Crippen LogP contribution in [0.15, 0.2) is 48.0 Å². The summed E-state index contributed by atoms with van der Waals surface area (Å²) < 4.78 is 22.0. The number of amides is 1. The van der Waals surface area contributed by atoms with Crippen molar-refractivity contribution in [3.63, 3.8) is 0 Å². The molecule has 8 nitrogen and oxygen atoms in total. The molecule has 4 rings (SSSR count). The monoisotopic (exact) mass is 434 g/mol. The van der Waals surface area contributed by atoms with Gasteiger partial charge in [0.25, 0.3) is 11.7 Å². The van der Waals surface area contributed by atoms with Crippen LogP contribution in [0.1, 0.15) is 31.2 Å². The van der Waals surface area contributed by atoms with Crippen LogP contribution in [-0.2, 0) is 14.3 Å². The number of nitrogens with zero attached hydrogens (tertiary/aromatic N) is 1. The molecule has 32 heavy (non-hydrogen) atoms. The number of nitrogens with one attached hydrogen (secondary N) is 1. The van der Waals surface area contributed by atoms with E-state index >= 15 is 0 Å². The number of benzene rings is 2. The summed E-state index contributed by atoms with van der Waals surface area (Å²) >= 11 is 0. The van der Waals surface area contributed by atoms with E-state index in [-0.39, 0.29) is 5.57 Å². The molecule has 0 atom stereocenters. The van der Waals surface area contributed by atoms with Gasteiger partial charge in [0, 0.05) is 24.6 Å². The zero-order chi connectivity index (χ0) is 22.6. The largest absolute Gasteiger partial charge is 0.497 e. The Bertz CT molecular complexity index is 1090. The van der Waals surface area contributed by atoms with E-state index < -0.39 is 24.3 Å². The summed E-state index contributed by atoms with van der Waals surface area (Å²) in [6, 6.07) is 13.7. The number of hydrogen-bond acceptors (Lipinski definition) is 7. The van der Waals surface area contributed by atoms with Gasteiger partial charge in [0.2, 0.25) is 0 Å². The van der Waals surface area contributed by atoms with Crippen molar-refractivity contribution in [2.75, 3.05) is 19.0 Å². The maximum atomic E-state index is 12.2. The lowest BCUT2D eigenvalue weighted by Crippen LogP contribution is -2.34. The number of rotatable bonds is 6. The van der Waals surface area contributed by atoms with Gasteiger partial charge in [-0.1, -0.05) is 12.1 Å². The number of carbonyl (C=O) groups is 2. The molecule has 1 spiro atoms. The van der Waals surface area contributed by atoms with Gasteiger partial charge in [-0.3, -0.25) is 4.79 Å². The molecule has 2 aromatic rings. The maximum absolute atomic E-state index is 12.2. The Balaban J connectivity index is 1.32. The summed E-state index contributed by atoms with van der Waals surface area (Å²) in [7, 11) is 1.55. The van der Waals surface area contributed by atoms with E-state index in [9.17, 15) is 14.9 Å². The average molecular weight is 434 g/mol. The first-order chi connectivity index (χ1) is 15.5. The number of ether oxygens (including phenoxy) is 4. The van der Waals surface area contributed by atoms with Crippen LogP contribution in [0.5, 0.6) is 17.2 Å². The lowest BCUT2D eigenvalue weighted by Gasteiger charge is -2.21. The van der Waals surface area contributed by atoms with Crippen LogP contribution in [0, 0.1) is 11.3 Å². The zero-order valence-corrected chi connectivity index (χ0v) is 17.6. The molecule has 1 heterocycles. The Morgan fingerprint density at radius 2 is 1.84 bits per heavy atom. The van der Waals surface area contributed by atoms with E-state index in [4.69, 9.17) is 18.9 Å². The highest BCUT2D eigenvalue weighted by molar-refractivity contribution is 6.00. The van der Waals surface area contributed by atoms with E-state index in [0.29, 0.717) is 28.5 Å². The Kier molecular flexibility index (Phi) is 5.99. The zero-order valence-electron chi connectivity index (χ0n) is 17.6. The van der Waals surface area contributed by atoms with Gasteiger partial charge < -0.3 is 24.3 Å². The fraction of sp³-hybridized carbons (Fsp3) is 0.292. The van der Waals surface area contributed by atoms with Crippen molar-refractivity contribution in [2.24, 2.45) is 0 Å². The number of methoxy groups -OCH3 is 1. The number of nitriles is 1. The number of carbonyl (C=O) groups excluding carboxylic acids is 2. The molecule has 1 amide bonds. The molecule has 1 aliphatic heterocycles. The highest BCUT2D eigenvalue weighted by Gasteiger charge is 2.44. The van der Waals surface area contributed by atoms with Crippen LogP contribution in [0.25, 0.3) is 6.08 Å². The van der Waals surface area contributed by atoms with Gasteiger partial charge in [-0.25, -0.2) is 4.79 Å². The molecule has 0 saturated heterocycles. The molecule has 2 aromatic carbocycles. The lowest BCUT2D eigenvalue weighted by molar-refractivity contribution is -0.142. The molecule has 0 aromatic heterocycles. The molecular formula is C24H22N2O6. The predicted octanol–water partition coefficient (Wildman–Crippen LogP) is 3.83.